The fourth-order valence-corrected chi connectivity index (χ4v) is 2.72. The van der Waals surface area contributed by atoms with E-state index in [0.29, 0.717) is 12.5 Å². The van der Waals surface area contributed by atoms with Crippen LogP contribution in [-0.2, 0) is 6.54 Å². The van der Waals surface area contributed by atoms with Crippen molar-refractivity contribution in [3.63, 3.8) is 0 Å². The highest BCUT2D eigenvalue weighted by Gasteiger charge is 2.09. The Morgan fingerprint density at radius 1 is 1.29 bits per heavy atom. The summed E-state index contributed by atoms with van der Waals surface area (Å²) in [6.07, 6.45) is -0.264. The standard InChI is InChI=1S/C14H19NOS/c1-10(2)13(16)8-15-7-11-9-17-14-6-4-3-5-12(11)14/h3-6,9-10,13,15-16H,7-8H2,1-2H3. The number of hydrogen-bond donors (Lipinski definition) is 2. The van der Waals surface area contributed by atoms with E-state index in [-0.39, 0.29) is 6.10 Å². The van der Waals surface area contributed by atoms with Gasteiger partial charge in [-0.25, -0.2) is 0 Å². The number of rotatable bonds is 5. The maximum atomic E-state index is 9.71. The fourth-order valence-electron chi connectivity index (χ4n) is 1.76. The van der Waals surface area contributed by atoms with Crippen LogP contribution in [0, 0.1) is 5.92 Å². The van der Waals surface area contributed by atoms with Gasteiger partial charge in [0.2, 0.25) is 0 Å². The van der Waals surface area contributed by atoms with Gasteiger partial charge in [-0.2, -0.15) is 0 Å². The summed E-state index contributed by atoms with van der Waals surface area (Å²) in [5, 5.41) is 16.5. The molecule has 1 aromatic heterocycles. The molecule has 0 aliphatic carbocycles. The highest BCUT2D eigenvalue weighted by molar-refractivity contribution is 7.17. The topological polar surface area (TPSA) is 32.3 Å². The maximum absolute atomic E-state index is 9.71. The molecule has 3 heteroatoms. The van der Waals surface area contributed by atoms with Crippen molar-refractivity contribution in [3.8, 4) is 0 Å². The third-order valence-corrected chi connectivity index (χ3v) is 4.01. The number of aliphatic hydroxyl groups excluding tert-OH is 1. The van der Waals surface area contributed by atoms with Gasteiger partial charge in [0.05, 0.1) is 6.10 Å². The zero-order valence-corrected chi connectivity index (χ0v) is 11.1. The summed E-state index contributed by atoms with van der Waals surface area (Å²) in [6, 6.07) is 8.44. The lowest BCUT2D eigenvalue weighted by molar-refractivity contribution is 0.123. The van der Waals surface area contributed by atoms with E-state index in [1.165, 1.54) is 15.6 Å². The quantitative estimate of drug-likeness (QED) is 0.853. The van der Waals surface area contributed by atoms with Gasteiger partial charge in [0.15, 0.2) is 0 Å². The zero-order valence-electron chi connectivity index (χ0n) is 10.3. The molecule has 0 bridgehead atoms. The lowest BCUT2D eigenvalue weighted by Crippen LogP contribution is -2.30. The number of thiophene rings is 1. The first-order valence-corrected chi connectivity index (χ1v) is 6.90. The van der Waals surface area contributed by atoms with Gasteiger partial charge in [-0.3, -0.25) is 0 Å². The highest BCUT2D eigenvalue weighted by Crippen LogP contribution is 2.25. The van der Waals surface area contributed by atoms with Crippen molar-refractivity contribution in [2.75, 3.05) is 6.54 Å². The van der Waals surface area contributed by atoms with E-state index >= 15 is 0 Å². The van der Waals surface area contributed by atoms with Gasteiger partial charge in [0.1, 0.15) is 0 Å². The largest absolute Gasteiger partial charge is 0.392 e. The van der Waals surface area contributed by atoms with E-state index < -0.39 is 0 Å². The van der Waals surface area contributed by atoms with Crippen LogP contribution in [0.4, 0.5) is 0 Å². The fraction of sp³-hybridized carbons (Fsp3) is 0.429. The van der Waals surface area contributed by atoms with Crippen LogP contribution in [0.3, 0.4) is 0 Å². The molecule has 92 valence electrons. The molecule has 2 N–H and O–H groups in total. The number of hydrogen-bond acceptors (Lipinski definition) is 3. The minimum Gasteiger partial charge on any atom is -0.392 e. The van der Waals surface area contributed by atoms with Crippen molar-refractivity contribution in [2.45, 2.75) is 26.5 Å². The molecule has 0 saturated heterocycles. The molecular weight excluding hydrogens is 230 g/mol. The molecule has 2 rings (SSSR count). The minimum atomic E-state index is -0.264. The van der Waals surface area contributed by atoms with Crippen LogP contribution in [-0.4, -0.2) is 17.8 Å². The Labute approximate surface area is 106 Å². The van der Waals surface area contributed by atoms with E-state index in [2.05, 4.69) is 35.0 Å². The summed E-state index contributed by atoms with van der Waals surface area (Å²) in [4.78, 5) is 0. The van der Waals surface area contributed by atoms with Crippen LogP contribution in [0.1, 0.15) is 19.4 Å². The molecule has 0 fully saturated rings. The lowest BCUT2D eigenvalue weighted by Gasteiger charge is -2.14. The first-order valence-electron chi connectivity index (χ1n) is 6.02. The van der Waals surface area contributed by atoms with Crippen LogP contribution in [0.25, 0.3) is 10.1 Å². The number of fused-ring (bicyclic) bond motifs is 1. The maximum Gasteiger partial charge on any atom is 0.0687 e. The molecule has 0 amide bonds. The predicted molar refractivity (Wildman–Crippen MR) is 74.4 cm³/mol. The van der Waals surface area contributed by atoms with Gasteiger partial charge >= 0.3 is 0 Å². The normalized spacial score (nSPS) is 13.4. The SMILES string of the molecule is CC(C)C(O)CNCc1csc2ccccc12. The molecule has 1 heterocycles. The molecule has 1 atom stereocenters. The summed E-state index contributed by atoms with van der Waals surface area (Å²) in [7, 11) is 0. The van der Waals surface area contributed by atoms with Crippen molar-refractivity contribution < 1.29 is 5.11 Å². The summed E-state index contributed by atoms with van der Waals surface area (Å²) in [6.45, 7) is 5.55. The molecule has 0 saturated carbocycles. The van der Waals surface area contributed by atoms with E-state index in [0.717, 1.165) is 6.54 Å². The highest BCUT2D eigenvalue weighted by atomic mass is 32.1. The summed E-state index contributed by atoms with van der Waals surface area (Å²) in [5.74, 6) is 0.307. The smallest absolute Gasteiger partial charge is 0.0687 e. The Morgan fingerprint density at radius 2 is 2.06 bits per heavy atom. The average molecular weight is 249 g/mol. The second-order valence-electron chi connectivity index (χ2n) is 4.70. The van der Waals surface area contributed by atoms with Crippen LogP contribution in [0.2, 0.25) is 0 Å². The van der Waals surface area contributed by atoms with Gasteiger partial charge in [-0.15, -0.1) is 11.3 Å². The van der Waals surface area contributed by atoms with E-state index in [1.807, 2.05) is 13.8 Å². The van der Waals surface area contributed by atoms with E-state index in [4.69, 9.17) is 0 Å². The molecule has 1 unspecified atom stereocenters. The Hall–Kier alpha value is -0.900. The van der Waals surface area contributed by atoms with Crippen molar-refractivity contribution in [1.82, 2.24) is 5.32 Å². The van der Waals surface area contributed by atoms with E-state index in [9.17, 15) is 5.11 Å². The Balaban J connectivity index is 1.95. The number of benzene rings is 1. The Kier molecular flexibility index (Phi) is 4.15. The van der Waals surface area contributed by atoms with Crippen molar-refractivity contribution in [2.24, 2.45) is 5.92 Å². The second-order valence-corrected chi connectivity index (χ2v) is 5.61. The van der Waals surface area contributed by atoms with Crippen LogP contribution < -0.4 is 5.32 Å². The van der Waals surface area contributed by atoms with Gasteiger partial charge < -0.3 is 10.4 Å². The molecule has 0 aliphatic heterocycles. The summed E-state index contributed by atoms with van der Waals surface area (Å²) < 4.78 is 1.33. The molecule has 0 radical (unpaired) electrons. The van der Waals surface area contributed by atoms with Crippen LogP contribution >= 0.6 is 11.3 Å². The third-order valence-electron chi connectivity index (χ3n) is 3.00. The Bertz CT molecular complexity index is 478. The molecule has 0 spiro atoms. The first kappa shape index (κ1) is 12.6. The van der Waals surface area contributed by atoms with Crippen molar-refractivity contribution in [3.05, 3.63) is 35.2 Å². The van der Waals surface area contributed by atoms with Gasteiger partial charge in [-0.1, -0.05) is 32.0 Å². The zero-order chi connectivity index (χ0) is 12.3. The lowest BCUT2D eigenvalue weighted by atomic mass is 10.1. The minimum absolute atomic E-state index is 0.264. The van der Waals surface area contributed by atoms with Gasteiger partial charge in [-0.05, 0) is 28.3 Å². The third kappa shape index (κ3) is 3.06. The van der Waals surface area contributed by atoms with E-state index in [1.54, 1.807) is 11.3 Å². The average Bonchev–Trinajstić information content (AvgIpc) is 2.72. The van der Waals surface area contributed by atoms with Gasteiger partial charge in [0, 0.05) is 17.8 Å². The molecular formula is C14H19NOS. The van der Waals surface area contributed by atoms with Gasteiger partial charge in [0.25, 0.3) is 0 Å². The molecule has 0 aliphatic rings. The number of aliphatic hydroxyl groups is 1. The molecule has 17 heavy (non-hydrogen) atoms. The molecule has 2 nitrogen and oxygen atoms in total. The summed E-state index contributed by atoms with van der Waals surface area (Å²) >= 11 is 1.78. The van der Waals surface area contributed by atoms with Crippen LogP contribution in [0.5, 0.6) is 0 Å². The second kappa shape index (κ2) is 5.63. The predicted octanol–water partition coefficient (Wildman–Crippen LogP) is 3.01. The summed E-state index contributed by atoms with van der Waals surface area (Å²) in [5.41, 5.74) is 1.32. The molecule has 2 aromatic rings. The van der Waals surface area contributed by atoms with Crippen LogP contribution in [0.15, 0.2) is 29.6 Å². The van der Waals surface area contributed by atoms with Crippen molar-refractivity contribution in [1.29, 1.82) is 0 Å². The molecule has 1 aromatic carbocycles. The van der Waals surface area contributed by atoms with Crippen molar-refractivity contribution >= 4 is 21.4 Å². The Morgan fingerprint density at radius 3 is 2.82 bits per heavy atom. The monoisotopic (exact) mass is 249 g/mol. The number of nitrogens with one attached hydrogen (secondary N) is 1. The first-order chi connectivity index (χ1) is 8.18.